The second-order valence-electron chi connectivity index (χ2n) is 6.22. The van der Waals surface area contributed by atoms with Gasteiger partial charge >= 0.3 is 0 Å². The summed E-state index contributed by atoms with van der Waals surface area (Å²) in [4.78, 5) is 17.9. The standard InChI is InChI=1S/C20H23BrN4O/c1-22-20(23-13-15-4-8-17(21)9-5-15)24-14-16-6-10-18(11-7-16)25-12-2-3-19(25)26/h4-11H,2-3,12-14H2,1H3,(H2,22,23,24). The predicted molar refractivity (Wildman–Crippen MR) is 109 cm³/mol. The number of guanidine groups is 1. The number of amides is 1. The summed E-state index contributed by atoms with van der Waals surface area (Å²) in [5.41, 5.74) is 3.32. The van der Waals surface area contributed by atoms with E-state index in [0.717, 1.165) is 34.6 Å². The molecule has 0 radical (unpaired) electrons. The van der Waals surface area contributed by atoms with Crippen LogP contribution in [0.25, 0.3) is 0 Å². The van der Waals surface area contributed by atoms with Gasteiger partial charge in [0.1, 0.15) is 0 Å². The number of anilines is 1. The minimum absolute atomic E-state index is 0.216. The summed E-state index contributed by atoms with van der Waals surface area (Å²) in [6.45, 7) is 2.21. The first-order valence-corrected chi connectivity index (χ1v) is 9.53. The minimum atomic E-state index is 0.216. The molecular formula is C20H23BrN4O. The molecule has 2 aromatic rings. The van der Waals surface area contributed by atoms with E-state index >= 15 is 0 Å². The molecule has 0 aliphatic carbocycles. The lowest BCUT2D eigenvalue weighted by atomic mass is 10.2. The van der Waals surface area contributed by atoms with E-state index in [-0.39, 0.29) is 5.91 Å². The van der Waals surface area contributed by atoms with Gasteiger partial charge in [-0.2, -0.15) is 0 Å². The van der Waals surface area contributed by atoms with E-state index in [1.165, 1.54) is 5.56 Å². The molecule has 136 valence electrons. The summed E-state index contributed by atoms with van der Waals surface area (Å²) in [5.74, 6) is 0.972. The van der Waals surface area contributed by atoms with Crippen LogP contribution in [0.5, 0.6) is 0 Å². The predicted octanol–water partition coefficient (Wildman–Crippen LogP) is 3.44. The van der Waals surface area contributed by atoms with Crippen molar-refractivity contribution in [3.05, 3.63) is 64.1 Å². The quantitative estimate of drug-likeness (QED) is 0.581. The van der Waals surface area contributed by atoms with Gasteiger partial charge in [0.15, 0.2) is 5.96 Å². The number of rotatable bonds is 5. The SMILES string of the molecule is CN=C(NCc1ccc(Br)cc1)NCc1ccc(N2CCCC2=O)cc1. The van der Waals surface area contributed by atoms with Crippen molar-refractivity contribution in [1.82, 2.24) is 10.6 Å². The van der Waals surface area contributed by atoms with Crippen molar-refractivity contribution >= 4 is 33.5 Å². The molecule has 0 atom stereocenters. The number of carbonyl (C=O) groups is 1. The van der Waals surface area contributed by atoms with Gasteiger partial charge in [-0.15, -0.1) is 0 Å². The first kappa shape index (κ1) is 18.5. The molecule has 6 heteroatoms. The molecule has 1 fully saturated rings. The third kappa shape index (κ3) is 4.85. The molecule has 5 nitrogen and oxygen atoms in total. The minimum Gasteiger partial charge on any atom is -0.352 e. The number of hydrogen-bond donors (Lipinski definition) is 2. The van der Waals surface area contributed by atoms with Crippen molar-refractivity contribution < 1.29 is 4.79 Å². The normalized spacial score (nSPS) is 14.6. The van der Waals surface area contributed by atoms with Gasteiger partial charge in [-0.3, -0.25) is 9.79 Å². The fourth-order valence-electron chi connectivity index (χ4n) is 2.91. The van der Waals surface area contributed by atoms with E-state index in [1.807, 2.05) is 29.2 Å². The molecule has 1 amide bonds. The second-order valence-corrected chi connectivity index (χ2v) is 7.14. The molecule has 3 rings (SSSR count). The number of nitrogens with one attached hydrogen (secondary N) is 2. The second kappa shape index (κ2) is 8.85. The highest BCUT2D eigenvalue weighted by atomic mass is 79.9. The molecule has 1 aliphatic rings. The van der Waals surface area contributed by atoms with Crippen molar-refractivity contribution in [2.75, 3.05) is 18.5 Å². The molecule has 26 heavy (non-hydrogen) atoms. The largest absolute Gasteiger partial charge is 0.352 e. The summed E-state index contributed by atoms with van der Waals surface area (Å²) < 4.78 is 1.07. The van der Waals surface area contributed by atoms with Crippen LogP contribution in [0.4, 0.5) is 5.69 Å². The maximum Gasteiger partial charge on any atom is 0.227 e. The fraction of sp³-hybridized carbons (Fsp3) is 0.300. The van der Waals surface area contributed by atoms with E-state index in [4.69, 9.17) is 0 Å². The van der Waals surface area contributed by atoms with Crippen molar-refractivity contribution in [3.8, 4) is 0 Å². The van der Waals surface area contributed by atoms with Gasteiger partial charge in [-0.05, 0) is 41.8 Å². The van der Waals surface area contributed by atoms with Crippen LogP contribution in [0, 0.1) is 0 Å². The maximum atomic E-state index is 11.8. The van der Waals surface area contributed by atoms with Crippen molar-refractivity contribution in [3.63, 3.8) is 0 Å². The molecule has 2 aromatic carbocycles. The molecule has 1 heterocycles. The number of hydrogen-bond acceptors (Lipinski definition) is 2. The van der Waals surface area contributed by atoms with Gasteiger partial charge in [0, 0.05) is 43.3 Å². The van der Waals surface area contributed by atoms with Gasteiger partial charge in [-0.25, -0.2) is 0 Å². The Morgan fingerprint density at radius 3 is 2.12 bits per heavy atom. The molecule has 1 saturated heterocycles. The highest BCUT2D eigenvalue weighted by molar-refractivity contribution is 9.10. The Morgan fingerprint density at radius 1 is 1.04 bits per heavy atom. The number of halogens is 1. The van der Waals surface area contributed by atoms with Crippen molar-refractivity contribution in [1.29, 1.82) is 0 Å². The Hall–Kier alpha value is -2.34. The van der Waals surface area contributed by atoms with Crippen LogP contribution in [0.15, 0.2) is 58.0 Å². The lowest BCUT2D eigenvalue weighted by Gasteiger charge is -2.16. The number of nitrogens with zero attached hydrogens (tertiary/aromatic N) is 2. The first-order chi connectivity index (χ1) is 12.7. The summed E-state index contributed by atoms with van der Waals surface area (Å²) in [6, 6.07) is 16.3. The number of carbonyl (C=O) groups excluding carboxylic acids is 1. The molecule has 0 unspecified atom stereocenters. The van der Waals surface area contributed by atoms with Crippen molar-refractivity contribution in [2.45, 2.75) is 25.9 Å². The molecule has 0 spiro atoms. The highest BCUT2D eigenvalue weighted by Gasteiger charge is 2.21. The average Bonchev–Trinajstić information content (AvgIpc) is 3.10. The zero-order chi connectivity index (χ0) is 18.4. The Morgan fingerprint density at radius 2 is 1.62 bits per heavy atom. The monoisotopic (exact) mass is 414 g/mol. The number of aliphatic imine (C=N–C) groups is 1. The molecule has 0 aromatic heterocycles. The Balaban J connectivity index is 1.50. The fourth-order valence-corrected chi connectivity index (χ4v) is 3.17. The molecule has 2 N–H and O–H groups in total. The molecule has 1 aliphatic heterocycles. The Kier molecular flexibility index (Phi) is 6.28. The van der Waals surface area contributed by atoms with E-state index in [1.54, 1.807) is 7.05 Å². The van der Waals surface area contributed by atoms with Crippen LogP contribution in [0.1, 0.15) is 24.0 Å². The number of benzene rings is 2. The summed E-state index contributed by atoms with van der Waals surface area (Å²) >= 11 is 3.44. The zero-order valence-electron chi connectivity index (χ0n) is 14.8. The molecule has 0 saturated carbocycles. The zero-order valence-corrected chi connectivity index (χ0v) is 16.4. The average molecular weight is 415 g/mol. The third-order valence-electron chi connectivity index (χ3n) is 4.38. The van der Waals surface area contributed by atoms with Gasteiger partial charge in [0.25, 0.3) is 0 Å². The smallest absolute Gasteiger partial charge is 0.227 e. The van der Waals surface area contributed by atoms with Gasteiger partial charge < -0.3 is 15.5 Å². The van der Waals surface area contributed by atoms with Crippen molar-refractivity contribution in [2.24, 2.45) is 4.99 Å². The topological polar surface area (TPSA) is 56.7 Å². The Labute approximate surface area is 162 Å². The van der Waals surface area contributed by atoms with E-state index in [9.17, 15) is 4.79 Å². The van der Waals surface area contributed by atoms with Gasteiger partial charge in [0.05, 0.1) is 0 Å². The molecular weight excluding hydrogens is 392 g/mol. The van der Waals surface area contributed by atoms with Crippen LogP contribution >= 0.6 is 15.9 Å². The van der Waals surface area contributed by atoms with Crippen LogP contribution in [-0.4, -0.2) is 25.5 Å². The van der Waals surface area contributed by atoms with Gasteiger partial charge in [-0.1, -0.05) is 40.2 Å². The van der Waals surface area contributed by atoms with Crippen LogP contribution in [-0.2, 0) is 17.9 Å². The Bertz CT molecular complexity index is 771. The summed E-state index contributed by atoms with van der Waals surface area (Å²) in [7, 11) is 1.76. The first-order valence-electron chi connectivity index (χ1n) is 8.74. The lowest BCUT2D eigenvalue weighted by molar-refractivity contribution is -0.117. The van der Waals surface area contributed by atoms with Gasteiger partial charge in [0.2, 0.25) is 5.91 Å². The van der Waals surface area contributed by atoms with E-state index in [2.05, 4.69) is 55.8 Å². The molecule has 0 bridgehead atoms. The summed E-state index contributed by atoms with van der Waals surface area (Å²) in [6.07, 6.45) is 1.60. The van der Waals surface area contributed by atoms with E-state index in [0.29, 0.717) is 19.5 Å². The summed E-state index contributed by atoms with van der Waals surface area (Å²) in [5, 5.41) is 6.62. The lowest BCUT2D eigenvalue weighted by Crippen LogP contribution is -2.36. The van der Waals surface area contributed by atoms with E-state index < -0.39 is 0 Å². The maximum absolute atomic E-state index is 11.8. The van der Waals surface area contributed by atoms with Crippen LogP contribution < -0.4 is 15.5 Å². The van der Waals surface area contributed by atoms with Crippen LogP contribution in [0.2, 0.25) is 0 Å². The third-order valence-corrected chi connectivity index (χ3v) is 4.91. The highest BCUT2D eigenvalue weighted by Crippen LogP contribution is 2.21. The van der Waals surface area contributed by atoms with Crippen LogP contribution in [0.3, 0.4) is 0 Å².